The Hall–Kier alpha value is -3.65. The third-order valence-electron chi connectivity index (χ3n) is 6.02. The van der Waals surface area contributed by atoms with Gasteiger partial charge in [-0.15, -0.1) is 0 Å². The number of thiazole rings is 1. The second kappa shape index (κ2) is 10.8. The molecule has 1 aromatic heterocycles. The van der Waals surface area contributed by atoms with Crippen LogP contribution >= 0.6 is 33.9 Å². The smallest absolute Gasteiger partial charge is 0.338 e. The number of nitrogens with zero attached hydrogens (tertiary/aromatic N) is 2. The number of esters is 2. The van der Waals surface area contributed by atoms with Gasteiger partial charge in [0.25, 0.3) is 5.56 Å². The first kappa shape index (κ1) is 26.9. The van der Waals surface area contributed by atoms with Crippen LogP contribution < -0.4 is 33.8 Å². The van der Waals surface area contributed by atoms with Crippen molar-refractivity contribution < 1.29 is 33.3 Å². The van der Waals surface area contributed by atoms with E-state index in [9.17, 15) is 14.4 Å². The number of hydrogen-bond donors (Lipinski definition) is 0. The molecule has 0 aliphatic carbocycles. The number of carbonyl (C=O) groups is 2. The molecule has 0 N–H and O–H groups in total. The van der Waals surface area contributed by atoms with Gasteiger partial charge >= 0.3 is 11.9 Å². The minimum atomic E-state index is -0.780. The predicted octanol–water partition coefficient (Wildman–Crippen LogP) is 3.07. The average Bonchev–Trinajstić information content (AvgIpc) is 3.48. The molecule has 0 saturated carbocycles. The lowest BCUT2D eigenvalue weighted by atomic mass is 9.95. The molecule has 0 saturated heterocycles. The summed E-state index contributed by atoms with van der Waals surface area (Å²) in [7, 11) is 1.47. The van der Waals surface area contributed by atoms with Crippen LogP contribution in [-0.4, -0.2) is 37.0 Å². The monoisotopic (exact) mass is 662 g/mol. The lowest BCUT2D eigenvalue weighted by Gasteiger charge is -2.24. The predicted molar refractivity (Wildman–Crippen MR) is 150 cm³/mol. The molecule has 0 radical (unpaired) electrons. The summed E-state index contributed by atoms with van der Waals surface area (Å²) in [5.74, 6) is 0.767. The van der Waals surface area contributed by atoms with Crippen LogP contribution in [0.5, 0.6) is 23.0 Å². The minimum Gasteiger partial charge on any atom is -0.493 e. The minimum absolute atomic E-state index is 0.0969. The van der Waals surface area contributed by atoms with Crippen molar-refractivity contribution in [1.29, 1.82) is 0 Å². The van der Waals surface area contributed by atoms with Crippen molar-refractivity contribution in [3.8, 4) is 23.0 Å². The molecule has 3 aromatic rings. The van der Waals surface area contributed by atoms with E-state index in [2.05, 4.69) is 4.99 Å². The fourth-order valence-corrected chi connectivity index (χ4v) is 6.19. The first-order valence-electron chi connectivity index (χ1n) is 11.9. The first-order valence-corrected chi connectivity index (χ1v) is 13.8. The fourth-order valence-electron chi connectivity index (χ4n) is 4.41. The summed E-state index contributed by atoms with van der Waals surface area (Å²) < 4.78 is 29.6. The number of ether oxygens (including phenoxy) is 5. The fraction of sp³-hybridized carbons (Fsp3) is 0.259. The Balaban J connectivity index is 1.68. The lowest BCUT2D eigenvalue weighted by Crippen LogP contribution is -2.39. The number of rotatable bonds is 6. The van der Waals surface area contributed by atoms with Crippen molar-refractivity contribution >= 4 is 51.9 Å². The Kier molecular flexibility index (Phi) is 7.49. The molecule has 0 amide bonds. The molecular formula is C27H23IN2O8S. The summed E-state index contributed by atoms with van der Waals surface area (Å²) in [6.07, 6.45) is 1.71. The number of allylic oxidation sites excluding steroid dienone is 1. The van der Waals surface area contributed by atoms with Crippen molar-refractivity contribution in [2.45, 2.75) is 26.8 Å². The Bertz CT molecular complexity index is 1720. The Morgan fingerprint density at radius 1 is 1.23 bits per heavy atom. The van der Waals surface area contributed by atoms with Gasteiger partial charge in [0.05, 0.1) is 39.1 Å². The van der Waals surface area contributed by atoms with Crippen molar-refractivity contribution in [3.63, 3.8) is 0 Å². The highest BCUT2D eigenvalue weighted by Crippen LogP contribution is 2.38. The molecule has 2 aliphatic heterocycles. The molecule has 0 fully saturated rings. The molecule has 2 aliphatic rings. The van der Waals surface area contributed by atoms with E-state index in [1.165, 1.54) is 29.9 Å². The summed E-state index contributed by atoms with van der Waals surface area (Å²) in [4.78, 5) is 43.5. The van der Waals surface area contributed by atoms with Crippen LogP contribution in [0.25, 0.3) is 6.08 Å². The van der Waals surface area contributed by atoms with Gasteiger partial charge in [-0.25, -0.2) is 9.79 Å². The van der Waals surface area contributed by atoms with Crippen LogP contribution in [0.4, 0.5) is 0 Å². The van der Waals surface area contributed by atoms with Crippen LogP contribution in [0, 0.1) is 3.57 Å². The second-order valence-electron chi connectivity index (χ2n) is 8.54. The maximum absolute atomic E-state index is 13.9. The van der Waals surface area contributed by atoms with Crippen LogP contribution in [0.15, 0.2) is 51.4 Å². The summed E-state index contributed by atoms with van der Waals surface area (Å²) in [6, 6.07) is 8.01. The number of aromatic nitrogens is 1. The zero-order chi connectivity index (χ0) is 27.8. The first-order chi connectivity index (χ1) is 18.7. The second-order valence-corrected chi connectivity index (χ2v) is 10.7. The van der Waals surface area contributed by atoms with Crippen molar-refractivity contribution in [1.82, 2.24) is 4.57 Å². The van der Waals surface area contributed by atoms with E-state index in [1.54, 1.807) is 50.3 Å². The highest BCUT2D eigenvalue weighted by atomic mass is 127. The van der Waals surface area contributed by atoms with Crippen LogP contribution in [0.3, 0.4) is 0 Å². The van der Waals surface area contributed by atoms with E-state index < -0.39 is 18.0 Å². The molecule has 0 spiro atoms. The highest BCUT2D eigenvalue weighted by Gasteiger charge is 2.34. The SMILES string of the molecule is CCOC(=O)C1=C(C)N=c2s/c(=C\c3cc(I)c(OC(C)=O)c(OC)c3)c(=O)n2[C@@H]1c1ccc2c(c1)OCO2. The molecule has 3 heterocycles. The van der Waals surface area contributed by atoms with Gasteiger partial charge in [0.1, 0.15) is 0 Å². The van der Waals surface area contributed by atoms with E-state index in [-0.39, 0.29) is 24.5 Å². The number of methoxy groups -OCH3 is 1. The molecule has 0 bridgehead atoms. The molecule has 1 atom stereocenters. The number of halogens is 1. The average molecular weight is 662 g/mol. The molecule has 12 heteroatoms. The van der Waals surface area contributed by atoms with Gasteiger partial charge in [0.2, 0.25) is 6.79 Å². The molecule has 10 nitrogen and oxygen atoms in total. The van der Waals surface area contributed by atoms with Gasteiger partial charge in [-0.05, 0) is 77.9 Å². The highest BCUT2D eigenvalue weighted by molar-refractivity contribution is 14.1. The van der Waals surface area contributed by atoms with E-state index >= 15 is 0 Å². The van der Waals surface area contributed by atoms with Gasteiger partial charge in [-0.1, -0.05) is 17.4 Å². The normalized spacial score (nSPS) is 16.0. The van der Waals surface area contributed by atoms with Crippen molar-refractivity contribution in [3.05, 3.63) is 76.0 Å². The quantitative estimate of drug-likeness (QED) is 0.225. The standard InChI is InChI=1S/C27H23IN2O8S/c1-5-35-26(33)22-13(2)29-27-30(23(22)16-6-7-18-19(11-16)37-12-36-18)25(32)21(39-27)10-15-8-17(28)24(38-14(3)31)20(9-15)34-4/h6-11,23H,5,12H2,1-4H3/b21-10-/t23-/m1/s1. The largest absolute Gasteiger partial charge is 0.493 e. The van der Waals surface area contributed by atoms with Gasteiger partial charge < -0.3 is 23.7 Å². The molecule has 2 aromatic carbocycles. The Labute approximate surface area is 240 Å². The summed E-state index contributed by atoms with van der Waals surface area (Å²) >= 11 is 3.25. The van der Waals surface area contributed by atoms with Crippen molar-refractivity contribution in [2.24, 2.45) is 4.99 Å². The number of fused-ring (bicyclic) bond motifs is 2. The van der Waals surface area contributed by atoms with Crippen molar-refractivity contribution in [2.75, 3.05) is 20.5 Å². The van der Waals surface area contributed by atoms with E-state index in [0.29, 0.717) is 52.7 Å². The van der Waals surface area contributed by atoms with E-state index in [0.717, 1.165) is 0 Å². The van der Waals surface area contributed by atoms with E-state index in [4.69, 9.17) is 23.7 Å². The summed E-state index contributed by atoms with van der Waals surface area (Å²) in [6.45, 7) is 5.04. The van der Waals surface area contributed by atoms with Crippen LogP contribution in [0.2, 0.25) is 0 Å². The topological polar surface area (TPSA) is 115 Å². The summed E-state index contributed by atoms with van der Waals surface area (Å²) in [5.41, 5.74) is 1.74. The summed E-state index contributed by atoms with van der Waals surface area (Å²) in [5, 5.41) is 0. The van der Waals surface area contributed by atoms with Gasteiger partial charge in [-0.2, -0.15) is 0 Å². The Morgan fingerprint density at radius 2 is 2.00 bits per heavy atom. The maximum atomic E-state index is 13.9. The van der Waals surface area contributed by atoms with Crippen LogP contribution in [-0.2, 0) is 14.3 Å². The zero-order valence-corrected chi connectivity index (χ0v) is 24.4. The van der Waals surface area contributed by atoms with Gasteiger partial charge in [0, 0.05) is 6.92 Å². The van der Waals surface area contributed by atoms with Crippen LogP contribution in [0.1, 0.15) is 37.9 Å². The third-order valence-corrected chi connectivity index (χ3v) is 7.81. The number of benzene rings is 2. The number of hydrogen-bond acceptors (Lipinski definition) is 10. The van der Waals surface area contributed by atoms with E-state index in [1.807, 2.05) is 22.6 Å². The maximum Gasteiger partial charge on any atom is 0.338 e. The molecule has 5 rings (SSSR count). The third kappa shape index (κ3) is 5.05. The van der Waals surface area contributed by atoms with Gasteiger partial charge in [0.15, 0.2) is 27.8 Å². The molecule has 39 heavy (non-hydrogen) atoms. The van der Waals surface area contributed by atoms with Gasteiger partial charge in [-0.3, -0.25) is 14.2 Å². The Morgan fingerprint density at radius 3 is 2.72 bits per heavy atom. The number of carbonyl (C=O) groups excluding carboxylic acids is 2. The molecular weight excluding hydrogens is 639 g/mol. The zero-order valence-electron chi connectivity index (χ0n) is 21.4. The lowest BCUT2D eigenvalue weighted by molar-refractivity contribution is -0.139. The molecule has 0 unspecified atom stereocenters. The molecule has 202 valence electrons.